The lowest BCUT2D eigenvalue weighted by Crippen LogP contribution is -2.51. The van der Waals surface area contributed by atoms with E-state index in [9.17, 15) is 4.79 Å². The fraction of sp³-hybridized carbons (Fsp3) is 0.933. The van der Waals surface area contributed by atoms with Gasteiger partial charge in [-0.3, -0.25) is 9.69 Å². The molecular weight excluding hydrogens is 238 g/mol. The summed E-state index contributed by atoms with van der Waals surface area (Å²) in [6.07, 6.45) is 3.50. The van der Waals surface area contributed by atoms with Gasteiger partial charge < -0.3 is 10.6 Å². The second-order valence-electron chi connectivity index (χ2n) is 6.08. The summed E-state index contributed by atoms with van der Waals surface area (Å²) >= 11 is 0. The first kappa shape index (κ1) is 16.4. The highest BCUT2D eigenvalue weighted by Gasteiger charge is 2.26. The predicted octanol–water partition coefficient (Wildman–Crippen LogP) is 1.61. The summed E-state index contributed by atoms with van der Waals surface area (Å²) in [5.41, 5.74) is 0. The molecule has 1 fully saturated rings. The van der Waals surface area contributed by atoms with Gasteiger partial charge in [0.2, 0.25) is 5.91 Å². The number of hydrogen-bond acceptors (Lipinski definition) is 3. The first-order chi connectivity index (χ1) is 9.04. The van der Waals surface area contributed by atoms with Gasteiger partial charge >= 0.3 is 0 Å². The van der Waals surface area contributed by atoms with Crippen LogP contribution in [0.4, 0.5) is 0 Å². The molecule has 1 aliphatic rings. The van der Waals surface area contributed by atoms with E-state index in [1.165, 1.54) is 6.42 Å². The Morgan fingerprint density at radius 1 is 1.26 bits per heavy atom. The number of likely N-dealkylation sites (tertiary alicyclic amines) is 1. The van der Waals surface area contributed by atoms with Crippen molar-refractivity contribution in [3.8, 4) is 0 Å². The van der Waals surface area contributed by atoms with E-state index in [-0.39, 0.29) is 11.9 Å². The average Bonchev–Trinajstić information content (AvgIpc) is 2.42. The van der Waals surface area contributed by atoms with E-state index in [1.807, 2.05) is 6.92 Å². The first-order valence-corrected chi connectivity index (χ1v) is 7.79. The molecule has 4 heteroatoms. The monoisotopic (exact) mass is 269 g/mol. The van der Waals surface area contributed by atoms with Crippen LogP contribution in [0.15, 0.2) is 0 Å². The van der Waals surface area contributed by atoms with Crippen molar-refractivity contribution in [2.45, 2.75) is 59.0 Å². The van der Waals surface area contributed by atoms with Crippen LogP contribution in [0.2, 0.25) is 0 Å². The molecule has 1 aliphatic heterocycles. The van der Waals surface area contributed by atoms with Crippen LogP contribution in [-0.4, -0.2) is 49.1 Å². The van der Waals surface area contributed by atoms with Gasteiger partial charge in [0.1, 0.15) is 0 Å². The van der Waals surface area contributed by atoms with Crippen molar-refractivity contribution in [1.29, 1.82) is 0 Å². The third-order valence-electron chi connectivity index (χ3n) is 3.82. The van der Waals surface area contributed by atoms with Crippen molar-refractivity contribution in [3.05, 3.63) is 0 Å². The molecule has 0 spiro atoms. The summed E-state index contributed by atoms with van der Waals surface area (Å²) in [4.78, 5) is 14.3. The van der Waals surface area contributed by atoms with E-state index < -0.39 is 0 Å². The second-order valence-corrected chi connectivity index (χ2v) is 6.08. The summed E-state index contributed by atoms with van der Waals surface area (Å²) in [7, 11) is 0. The fourth-order valence-corrected chi connectivity index (χ4v) is 2.46. The Morgan fingerprint density at radius 3 is 2.42 bits per heavy atom. The zero-order chi connectivity index (χ0) is 14.3. The maximum Gasteiger partial charge on any atom is 0.237 e. The molecule has 1 heterocycles. The van der Waals surface area contributed by atoms with Crippen LogP contribution in [0.5, 0.6) is 0 Å². The molecular formula is C15H31N3O. The minimum absolute atomic E-state index is 0.00544. The van der Waals surface area contributed by atoms with Gasteiger partial charge in [-0.05, 0) is 38.6 Å². The van der Waals surface area contributed by atoms with Gasteiger partial charge in [0.05, 0.1) is 6.04 Å². The van der Waals surface area contributed by atoms with E-state index in [4.69, 9.17) is 0 Å². The molecule has 0 aromatic carbocycles. The molecule has 0 aromatic rings. The van der Waals surface area contributed by atoms with Crippen molar-refractivity contribution in [2.24, 2.45) is 5.92 Å². The normalized spacial score (nSPS) is 19.6. The van der Waals surface area contributed by atoms with Crippen LogP contribution in [0.3, 0.4) is 0 Å². The van der Waals surface area contributed by atoms with Gasteiger partial charge in [0, 0.05) is 25.7 Å². The Morgan fingerprint density at radius 2 is 1.89 bits per heavy atom. The van der Waals surface area contributed by atoms with Crippen LogP contribution in [0.25, 0.3) is 0 Å². The average molecular weight is 269 g/mol. The lowest BCUT2D eigenvalue weighted by atomic mass is 10.0. The molecule has 19 heavy (non-hydrogen) atoms. The number of rotatable bonds is 7. The van der Waals surface area contributed by atoms with Crippen molar-refractivity contribution in [1.82, 2.24) is 15.5 Å². The van der Waals surface area contributed by atoms with E-state index in [0.717, 1.165) is 39.0 Å². The van der Waals surface area contributed by atoms with Crippen molar-refractivity contribution in [2.75, 3.05) is 26.2 Å². The first-order valence-electron chi connectivity index (χ1n) is 7.79. The van der Waals surface area contributed by atoms with Crippen LogP contribution >= 0.6 is 0 Å². The molecule has 0 saturated carbocycles. The number of piperidine rings is 1. The van der Waals surface area contributed by atoms with Crippen LogP contribution in [0.1, 0.15) is 47.0 Å². The molecule has 0 radical (unpaired) electrons. The van der Waals surface area contributed by atoms with Crippen LogP contribution < -0.4 is 10.6 Å². The summed E-state index contributed by atoms with van der Waals surface area (Å²) in [5.74, 6) is 0.689. The van der Waals surface area contributed by atoms with Crippen molar-refractivity contribution < 1.29 is 4.79 Å². The standard InChI is InChI=1S/C15H31N3O/c1-5-8-16-14-6-9-18(10-7-14)13(4)15(19)17-11-12(2)3/h12-14,16H,5-11H2,1-4H3,(H,17,19). The number of amides is 1. The highest BCUT2D eigenvalue weighted by molar-refractivity contribution is 5.81. The van der Waals surface area contributed by atoms with Crippen molar-refractivity contribution in [3.63, 3.8) is 0 Å². The molecule has 1 amide bonds. The third kappa shape index (κ3) is 5.91. The zero-order valence-electron chi connectivity index (χ0n) is 13.0. The highest BCUT2D eigenvalue weighted by Crippen LogP contribution is 2.13. The van der Waals surface area contributed by atoms with Gasteiger partial charge in [-0.25, -0.2) is 0 Å². The Bertz CT molecular complexity index is 260. The summed E-state index contributed by atoms with van der Waals surface area (Å²) < 4.78 is 0. The molecule has 4 nitrogen and oxygen atoms in total. The zero-order valence-corrected chi connectivity index (χ0v) is 13.0. The lowest BCUT2D eigenvalue weighted by Gasteiger charge is -2.35. The second kappa shape index (κ2) is 8.54. The number of nitrogens with zero attached hydrogens (tertiary/aromatic N) is 1. The molecule has 0 aromatic heterocycles. The molecule has 0 bridgehead atoms. The van der Waals surface area contributed by atoms with E-state index in [2.05, 4.69) is 36.3 Å². The number of carbonyl (C=O) groups is 1. The minimum Gasteiger partial charge on any atom is -0.354 e. The quantitative estimate of drug-likeness (QED) is 0.738. The Balaban J connectivity index is 2.27. The Hall–Kier alpha value is -0.610. The van der Waals surface area contributed by atoms with E-state index in [1.54, 1.807) is 0 Å². The lowest BCUT2D eigenvalue weighted by molar-refractivity contribution is -0.126. The molecule has 1 rings (SSSR count). The van der Waals surface area contributed by atoms with Gasteiger partial charge in [-0.2, -0.15) is 0 Å². The summed E-state index contributed by atoms with van der Waals surface area (Å²) in [5, 5.41) is 6.60. The maximum absolute atomic E-state index is 12.0. The molecule has 1 unspecified atom stereocenters. The van der Waals surface area contributed by atoms with Gasteiger partial charge in [0.25, 0.3) is 0 Å². The van der Waals surface area contributed by atoms with E-state index in [0.29, 0.717) is 12.0 Å². The van der Waals surface area contributed by atoms with Crippen LogP contribution in [-0.2, 0) is 4.79 Å². The Kier molecular flexibility index (Phi) is 7.39. The van der Waals surface area contributed by atoms with E-state index >= 15 is 0 Å². The number of nitrogens with one attached hydrogen (secondary N) is 2. The highest BCUT2D eigenvalue weighted by atomic mass is 16.2. The predicted molar refractivity (Wildman–Crippen MR) is 80.2 cm³/mol. The largest absolute Gasteiger partial charge is 0.354 e. The molecule has 1 saturated heterocycles. The van der Waals surface area contributed by atoms with Gasteiger partial charge in [-0.1, -0.05) is 20.8 Å². The smallest absolute Gasteiger partial charge is 0.237 e. The fourth-order valence-electron chi connectivity index (χ4n) is 2.46. The number of hydrogen-bond donors (Lipinski definition) is 2. The van der Waals surface area contributed by atoms with Crippen LogP contribution in [0, 0.1) is 5.92 Å². The maximum atomic E-state index is 12.0. The Labute approximate surface area is 118 Å². The molecule has 0 aliphatic carbocycles. The summed E-state index contributed by atoms with van der Waals surface area (Å²) in [6.45, 7) is 12.4. The SMILES string of the molecule is CCCNC1CCN(C(C)C(=O)NCC(C)C)CC1. The molecule has 1 atom stereocenters. The molecule has 112 valence electrons. The van der Waals surface area contributed by atoms with Gasteiger partial charge in [0.15, 0.2) is 0 Å². The topological polar surface area (TPSA) is 44.4 Å². The van der Waals surface area contributed by atoms with Gasteiger partial charge in [-0.15, -0.1) is 0 Å². The minimum atomic E-state index is 0.00544. The summed E-state index contributed by atoms with van der Waals surface area (Å²) in [6, 6.07) is 0.646. The number of carbonyl (C=O) groups excluding carboxylic acids is 1. The van der Waals surface area contributed by atoms with Crippen molar-refractivity contribution >= 4 is 5.91 Å². The molecule has 2 N–H and O–H groups in total. The third-order valence-corrected chi connectivity index (χ3v) is 3.82.